The molecule has 0 unspecified atom stereocenters. The number of carboxylic acid groups (broad SMARTS) is 1. The van der Waals surface area contributed by atoms with Crippen LogP contribution in [0.25, 0.3) is 11.1 Å². The van der Waals surface area contributed by atoms with E-state index in [9.17, 15) is 9.59 Å². The maximum absolute atomic E-state index is 12.0. The van der Waals surface area contributed by atoms with Crippen molar-refractivity contribution in [2.75, 3.05) is 5.32 Å². The van der Waals surface area contributed by atoms with E-state index in [1.54, 1.807) is 0 Å². The molecule has 22 heavy (non-hydrogen) atoms. The molecular weight excluding hydrogens is 280 g/mol. The van der Waals surface area contributed by atoms with E-state index in [1.165, 1.54) is 0 Å². The van der Waals surface area contributed by atoms with Gasteiger partial charge in [0.05, 0.1) is 0 Å². The minimum atomic E-state index is -1.10. The van der Waals surface area contributed by atoms with Gasteiger partial charge in [0, 0.05) is 17.7 Å². The van der Waals surface area contributed by atoms with E-state index in [0.29, 0.717) is 5.69 Å². The third kappa shape index (κ3) is 4.17. The Labute approximate surface area is 128 Å². The fourth-order valence-corrected chi connectivity index (χ4v) is 2.08. The summed E-state index contributed by atoms with van der Waals surface area (Å²) >= 11 is 0. The van der Waals surface area contributed by atoms with Gasteiger partial charge in [-0.15, -0.1) is 0 Å². The smallest absolute Gasteiger partial charge is 0.320 e. The predicted molar refractivity (Wildman–Crippen MR) is 85.4 cm³/mol. The van der Waals surface area contributed by atoms with Crippen molar-refractivity contribution in [3.63, 3.8) is 0 Å². The summed E-state index contributed by atoms with van der Waals surface area (Å²) in [5.74, 6) is -1.35. The lowest BCUT2D eigenvalue weighted by atomic mass is 10.0. The first kappa shape index (κ1) is 15.7. The van der Waals surface area contributed by atoms with E-state index in [1.807, 2.05) is 54.6 Å². The van der Waals surface area contributed by atoms with Gasteiger partial charge in [-0.05, 0) is 18.1 Å². The summed E-state index contributed by atoms with van der Waals surface area (Å²) in [6.45, 7) is 0. The minimum Gasteiger partial charge on any atom is -0.480 e. The maximum atomic E-state index is 12.0. The van der Waals surface area contributed by atoms with Gasteiger partial charge in [0.15, 0.2) is 0 Å². The fourth-order valence-electron chi connectivity index (χ4n) is 2.08. The molecule has 0 fully saturated rings. The Hall–Kier alpha value is -2.66. The van der Waals surface area contributed by atoms with Crippen LogP contribution in [0.1, 0.15) is 12.8 Å². The summed E-state index contributed by atoms with van der Waals surface area (Å²) in [5, 5.41) is 11.5. The van der Waals surface area contributed by atoms with Crippen LogP contribution in [0.3, 0.4) is 0 Å². The first-order valence-electron chi connectivity index (χ1n) is 7.00. The molecule has 0 spiro atoms. The minimum absolute atomic E-state index is 0.0661. The van der Waals surface area contributed by atoms with Crippen LogP contribution in [0.5, 0.6) is 0 Å². The molecule has 0 aromatic heterocycles. The molecular formula is C17H18N2O3. The highest BCUT2D eigenvalue weighted by molar-refractivity contribution is 5.95. The largest absolute Gasteiger partial charge is 0.480 e. The number of amides is 1. The van der Waals surface area contributed by atoms with Crippen LogP contribution in [0.2, 0.25) is 0 Å². The summed E-state index contributed by atoms with van der Waals surface area (Å²) < 4.78 is 0. The summed E-state index contributed by atoms with van der Waals surface area (Å²) in [6.07, 6.45) is 0.172. The zero-order valence-electron chi connectivity index (χ0n) is 12.0. The fraction of sp³-hybridized carbons (Fsp3) is 0.176. The van der Waals surface area contributed by atoms with Gasteiger partial charge in [-0.2, -0.15) is 0 Å². The lowest BCUT2D eigenvalue weighted by molar-refractivity contribution is -0.138. The molecule has 0 saturated heterocycles. The van der Waals surface area contributed by atoms with E-state index in [-0.39, 0.29) is 18.7 Å². The SMILES string of the molecule is N[C@@H](CCC(=O)Nc1ccccc1-c1ccccc1)C(=O)O. The number of nitrogens with two attached hydrogens (primary N) is 1. The predicted octanol–water partition coefficient (Wildman–Crippen LogP) is 2.48. The lowest BCUT2D eigenvalue weighted by Crippen LogP contribution is -2.31. The van der Waals surface area contributed by atoms with Gasteiger partial charge >= 0.3 is 5.97 Å². The Bertz CT molecular complexity index is 656. The second-order valence-corrected chi connectivity index (χ2v) is 4.94. The van der Waals surface area contributed by atoms with Gasteiger partial charge in [-0.25, -0.2) is 0 Å². The molecule has 5 nitrogen and oxygen atoms in total. The molecule has 0 aliphatic carbocycles. The Balaban J connectivity index is 2.07. The monoisotopic (exact) mass is 298 g/mol. The molecule has 5 heteroatoms. The van der Waals surface area contributed by atoms with Crippen LogP contribution in [-0.4, -0.2) is 23.0 Å². The van der Waals surface area contributed by atoms with Gasteiger partial charge in [-0.3, -0.25) is 9.59 Å². The number of nitrogens with one attached hydrogen (secondary N) is 1. The summed E-state index contributed by atoms with van der Waals surface area (Å²) in [5.41, 5.74) is 8.01. The van der Waals surface area contributed by atoms with Crippen LogP contribution in [0, 0.1) is 0 Å². The van der Waals surface area contributed by atoms with Crippen LogP contribution in [0.15, 0.2) is 54.6 Å². The van der Waals surface area contributed by atoms with Crippen molar-refractivity contribution in [2.24, 2.45) is 5.73 Å². The molecule has 0 aliphatic rings. The van der Waals surface area contributed by atoms with Crippen molar-refractivity contribution in [3.05, 3.63) is 54.6 Å². The number of anilines is 1. The van der Waals surface area contributed by atoms with Gasteiger partial charge < -0.3 is 16.2 Å². The van der Waals surface area contributed by atoms with Crippen LogP contribution in [-0.2, 0) is 9.59 Å². The first-order chi connectivity index (χ1) is 10.6. The standard InChI is InChI=1S/C17H18N2O3/c18-14(17(21)22)10-11-16(20)19-15-9-5-4-8-13(15)12-6-2-1-3-7-12/h1-9,14H,10-11,18H2,(H,19,20)(H,21,22)/t14-/m0/s1. The van der Waals surface area contributed by atoms with Crippen molar-refractivity contribution in [2.45, 2.75) is 18.9 Å². The van der Waals surface area contributed by atoms with Gasteiger partial charge in [0.1, 0.15) is 6.04 Å². The zero-order valence-corrected chi connectivity index (χ0v) is 12.0. The molecule has 2 aromatic rings. The Morgan fingerprint density at radius 1 is 1.05 bits per heavy atom. The average Bonchev–Trinajstić information content (AvgIpc) is 2.54. The number of para-hydroxylation sites is 1. The molecule has 2 rings (SSSR count). The molecule has 0 heterocycles. The molecule has 2 aromatic carbocycles. The van der Waals surface area contributed by atoms with Gasteiger partial charge in [0.2, 0.25) is 5.91 Å². The molecule has 0 aliphatic heterocycles. The van der Waals surface area contributed by atoms with Crippen LogP contribution >= 0.6 is 0 Å². The molecule has 0 bridgehead atoms. The van der Waals surface area contributed by atoms with E-state index < -0.39 is 12.0 Å². The van der Waals surface area contributed by atoms with E-state index in [4.69, 9.17) is 10.8 Å². The summed E-state index contributed by atoms with van der Waals surface area (Å²) in [4.78, 5) is 22.6. The van der Waals surface area contributed by atoms with E-state index >= 15 is 0 Å². The summed E-state index contributed by atoms with van der Waals surface area (Å²) in [6, 6.07) is 16.2. The highest BCUT2D eigenvalue weighted by atomic mass is 16.4. The number of benzene rings is 2. The lowest BCUT2D eigenvalue weighted by Gasteiger charge is -2.12. The van der Waals surface area contributed by atoms with Crippen molar-refractivity contribution in [3.8, 4) is 11.1 Å². The molecule has 0 radical (unpaired) electrons. The van der Waals surface area contributed by atoms with Crippen molar-refractivity contribution >= 4 is 17.6 Å². The van der Waals surface area contributed by atoms with Crippen molar-refractivity contribution in [1.29, 1.82) is 0 Å². The number of carbonyl (C=O) groups is 2. The molecule has 0 saturated carbocycles. The molecule has 4 N–H and O–H groups in total. The number of carbonyl (C=O) groups excluding carboxylic acids is 1. The average molecular weight is 298 g/mol. The van der Waals surface area contributed by atoms with Gasteiger partial charge in [-0.1, -0.05) is 48.5 Å². The third-order valence-electron chi connectivity index (χ3n) is 3.29. The number of aliphatic carboxylic acids is 1. The number of carboxylic acids is 1. The third-order valence-corrected chi connectivity index (χ3v) is 3.29. The molecule has 114 valence electrons. The molecule has 1 atom stereocenters. The maximum Gasteiger partial charge on any atom is 0.320 e. The number of rotatable bonds is 6. The normalized spacial score (nSPS) is 11.7. The second-order valence-electron chi connectivity index (χ2n) is 4.94. The highest BCUT2D eigenvalue weighted by Crippen LogP contribution is 2.27. The second kappa shape index (κ2) is 7.38. The van der Waals surface area contributed by atoms with E-state index in [2.05, 4.69) is 5.32 Å². The first-order valence-corrected chi connectivity index (χ1v) is 7.00. The summed E-state index contributed by atoms with van der Waals surface area (Å²) in [7, 11) is 0. The quantitative estimate of drug-likeness (QED) is 0.764. The van der Waals surface area contributed by atoms with Crippen LogP contribution in [0.4, 0.5) is 5.69 Å². The Morgan fingerprint density at radius 3 is 2.36 bits per heavy atom. The van der Waals surface area contributed by atoms with Crippen LogP contribution < -0.4 is 11.1 Å². The van der Waals surface area contributed by atoms with Gasteiger partial charge in [0.25, 0.3) is 0 Å². The molecule has 1 amide bonds. The van der Waals surface area contributed by atoms with Crippen molar-refractivity contribution in [1.82, 2.24) is 0 Å². The number of hydrogen-bond donors (Lipinski definition) is 3. The van der Waals surface area contributed by atoms with Crippen molar-refractivity contribution < 1.29 is 14.7 Å². The number of hydrogen-bond acceptors (Lipinski definition) is 3. The Morgan fingerprint density at radius 2 is 1.68 bits per heavy atom. The zero-order chi connectivity index (χ0) is 15.9. The van der Waals surface area contributed by atoms with E-state index in [0.717, 1.165) is 11.1 Å². The highest BCUT2D eigenvalue weighted by Gasteiger charge is 2.14. The topological polar surface area (TPSA) is 92.4 Å². The Kier molecular flexibility index (Phi) is 5.27.